The van der Waals surface area contributed by atoms with E-state index >= 15 is 0 Å². The van der Waals surface area contributed by atoms with E-state index in [0.29, 0.717) is 18.9 Å². The van der Waals surface area contributed by atoms with Crippen LogP contribution >= 0.6 is 0 Å². The highest BCUT2D eigenvalue weighted by molar-refractivity contribution is 5.92. The lowest BCUT2D eigenvalue weighted by Crippen LogP contribution is -2.31. The lowest BCUT2D eigenvalue weighted by molar-refractivity contribution is -0.130. The monoisotopic (exact) mass is 276 g/mol. The van der Waals surface area contributed by atoms with Crippen LogP contribution in [-0.2, 0) is 4.79 Å². The largest absolute Gasteiger partial charge is 0.370 e. The molecule has 0 spiro atoms. The molecule has 20 heavy (non-hydrogen) atoms. The maximum atomic E-state index is 11.8. The molecule has 1 aromatic rings. The first-order valence-corrected chi connectivity index (χ1v) is 6.98. The Morgan fingerprint density at radius 2 is 2.05 bits per heavy atom. The van der Waals surface area contributed by atoms with E-state index in [2.05, 4.69) is 10.3 Å². The summed E-state index contributed by atoms with van der Waals surface area (Å²) in [6, 6.07) is 7.88. The van der Waals surface area contributed by atoms with Crippen LogP contribution in [0.2, 0.25) is 0 Å². The van der Waals surface area contributed by atoms with Crippen molar-refractivity contribution in [2.45, 2.75) is 27.2 Å². The molecular formula is C15H24N4O. The van der Waals surface area contributed by atoms with Crippen LogP contribution in [0.1, 0.15) is 25.8 Å². The summed E-state index contributed by atoms with van der Waals surface area (Å²) in [5.74, 6) is 0.449. The average Bonchev–Trinajstić information content (AvgIpc) is 2.40. The van der Waals surface area contributed by atoms with Gasteiger partial charge in [0, 0.05) is 25.2 Å². The minimum Gasteiger partial charge on any atom is -0.370 e. The maximum Gasteiger partial charge on any atom is 0.224 e. The number of benzene rings is 1. The standard InChI is InChI=1S/C15H24N4O/c1-4-19(5-2)14(20)9-10-17-15(16)18-13-8-6-7-12(3)11-13/h6-8,11H,4-5,9-10H2,1-3H3,(H3,16,17,18). The van der Waals surface area contributed by atoms with Gasteiger partial charge in [-0.1, -0.05) is 12.1 Å². The van der Waals surface area contributed by atoms with Gasteiger partial charge in [-0.25, -0.2) is 0 Å². The molecule has 0 saturated heterocycles. The number of rotatable bonds is 6. The SMILES string of the molecule is CCN(CC)C(=O)CCN=C(N)Nc1cccc(C)c1. The van der Waals surface area contributed by atoms with Gasteiger partial charge in [-0.2, -0.15) is 0 Å². The van der Waals surface area contributed by atoms with Crippen LogP contribution < -0.4 is 11.1 Å². The molecule has 0 aromatic heterocycles. The molecular weight excluding hydrogens is 252 g/mol. The molecule has 0 aliphatic rings. The van der Waals surface area contributed by atoms with Crippen LogP contribution in [0.4, 0.5) is 5.69 Å². The van der Waals surface area contributed by atoms with E-state index in [1.165, 1.54) is 0 Å². The Labute approximate surface area is 120 Å². The first kappa shape index (κ1) is 16.0. The van der Waals surface area contributed by atoms with Crippen LogP contribution in [0.25, 0.3) is 0 Å². The topological polar surface area (TPSA) is 70.7 Å². The van der Waals surface area contributed by atoms with Gasteiger partial charge in [-0.3, -0.25) is 9.79 Å². The summed E-state index contributed by atoms with van der Waals surface area (Å²) < 4.78 is 0. The molecule has 0 bridgehead atoms. The molecule has 0 aliphatic carbocycles. The lowest BCUT2D eigenvalue weighted by Gasteiger charge is -2.17. The smallest absolute Gasteiger partial charge is 0.224 e. The van der Waals surface area contributed by atoms with Crippen molar-refractivity contribution in [3.63, 3.8) is 0 Å². The molecule has 3 N–H and O–H groups in total. The van der Waals surface area contributed by atoms with Gasteiger partial charge in [-0.05, 0) is 38.5 Å². The minimum absolute atomic E-state index is 0.113. The van der Waals surface area contributed by atoms with Crippen molar-refractivity contribution < 1.29 is 4.79 Å². The predicted molar refractivity (Wildman–Crippen MR) is 83.8 cm³/mol. The maximum absolute atomic E-state index is 11.8. The minimum atomic E-state index is 0.113. The molecule has 0 fully saturated rings. The van der Waals surface area contributed by atoms with Crippen molar-refractivity contribution in [3.05, 3.63) is 29.8 Å². The number of hydrogen-bond acceptors (Lipinski definition) is 2. The van der Waals surface area contributed by atoms with Gasteiger partial charge < -0.3 is 16.0 Å². The number of carbonyl (C=O) groups excluding carboxylic acids is 1. The summed E-state index contributed by atoms with van der Waals surface area (Å²) in [6.07, 6.45) is 0.387. The Morgan fingerprint density at radius 1 is 1.35 bits per heavy atom. The molecule has 5 heteroatoms. The number of nitrogens with one attached hydrogen (secondary N) is 1. The average molecular weight is 276 g/mol. The third-order valence-corrected chi connectivity index (χ3v) is 3.01. The number of amides is 1. The lowest BCUT2D eigenvalue weighted by atomic mass is 10.2. The highest BCUT2D eigenvalue weighted by Crippen LogP contribution is 2.08. The molecule has 1 rings (SSSR count). The number of nitrogens with two attached hydrogens (primary N) is 1. The third kappa shape index (κ3) is 5.30. The van der Waals surface area contributed by atoms with E-state index in [9.17, 15) is 4.79 Å². The van der Waals surface area contributed by atoms with Crippen molar-refractivity contribution in [3.8, 4) is 0 Å². The van der Waals surface area contributed by atoms with E-state index < -0.39 is 0 Å². The second kappa shape index (κ2) is 8.19. The molecule has 0 aliphatic heterocycles. The summed E-state index contributed by atoms with van der Waals surface area (Å²) in [5, 5.41) is 3.02. The van der Waals surface area contributed by atoms with Crippen molar-refractivity contribution in [2.75, 3.05) is 25.0 Å². The number of hydrogen-bond donors (Lipinski definition) is 2. The summed E-state index contributed by atoms with van der Waals surface area (Å²) in [6.45, 7) is 7.82. The third-order valence-electron chi connectivity index (χ3n) is 3.01. The first-order valence-electron chi connectivity index (χ1n) is 6.98. The Bertz CT molecular complexity index is 467. The fourth-order valence-electron chi connectivity index (χ4n) is 1.92. The van der Waals surface area contributed by atoms with Gasteiger partial charge in [0.1, 0.15) is 0 Å². The fourth-order valence-corrected chi connectivity index (χ4v) is 1.92. The second-order valence-electron chi connectivity index (χ2n) is 4.58. The van der Waals surface area contributed by atoms with Crippen LogP contribution in [0.5, 0.6) is 0 Å². The molecule has 1 amide bonds. The van der Waals surface area contributed by atoms with E-state index in [1.54, 1.807) is 4.90 Å². The first-order chi connectivity index (χ1) is 9.56. The number of carbonyl (C=O) groups is 1. The number of aliphatic imine (C=N–C) groups is 1. The van der Waals surface area contributed by atoms with E-state index in [0.717, 1.165) is 24.3 Å². The van der Waals surface area contributed by atoms with Gasteiger partial charge >= 0.3 is 0 Å². The Morgan fingerprint density at radius 3 is 2.65 bits per heavy atom. The van der Waals surface area contributed by atoms with Crippen molar-refractivity contribution in [1.29, 1.82) is 0 Å². The van der Waals surface area contributed by atoms with E-state index in [-0.39, 0.29) is 5.91 Å². The molecule has 0 atom stereocenters. The summed E-state index contributed by atoms with van der Waals surface area (Å²) in [7, 11) is 0. The van der Waals surface area contributed by atoms with Crippen LogP contribution in [0, 0.1) is 6.92 Å². The zero-order valence-corrected chi connectivity index (χ0v) is 12.5. The summed E-state index contributed by atoms with van der Waals surface area (Å²) >= 11 is 0. The van der Waals surface area contributed by atoms with Crippen molar-refractivity contribution in [2.24, 2.45) is 10.7 Å². The molecule has 110 valence electrons. The Kier molecular flexibility index (Phi) is 6.56. The summed E-state index contributed by atoms with van der Waals surface area (Å²) in [5.41, 5.74) is 7.85. The highest BCUT2D eigenvalue weighted by atomic mass is 16.2. The number of guanidine groups is 1. The normalized spacial score (nSPS) is 11.2. The van der Waals surface area contributed by atoms with Crippen molar-refractivity contribution >= 4 is 17.6 Å². The van der Waals surface area contributed by atoms with Crippen LogP contribution in [-0.4, -0.2) is 36.4 Å². The molecule has 1 aromatic carbocycles. The summed E-state index contributed by atoms with van der Waals surface area (Å²) in [4.78, 5) is 17.8. The van der Waals surface area contributed by atoms with Crippen LogP contribution in [0.15, 0.2) is 29.3 Å². The molecule has 0 heterocycles. The molecule has 0 radical (unpaired) electrons. The second-order valence-corrected chi connectivity index (χ2v) is 4.58. The number of anilines is 1. The fraction of sp³-hybridized carbons (Fsp3) is 0.467. The molecule has 5 nitrogen and oxygen atoms in total. The zero-order valence-electron chi connectivity index (χ0n) is 12.5. The zero-order chi connectivity index (χ0) is 15.0. The van der Waals surface area contributed by atoms with Gasteiger partial charge in [0.15, 0.2) is 5.96 Å². The van der Waals surface area contributed by atoms with Crippen molar-refractivity contribution in [1.82, 2.24) is 4.90 Å². The molecule has 0 unspecified atom stereocenters. The van der Waals surface area contributed by atoms with Gasteiger partial charge in [0.2, 0.25) is 5.91 Å². The highest BCUT2D eigenvalue weighted by Gasteiger charge is 2.08. The Balaban J connectivity index is 2.44. The number of nitrogens with zero attached hydrogens (tertiary/aromatic N) is 2. The van der Waals surface area contributed by atoms with E-state index in [1.807, 2.05) is 45.0 Å². The van der Waals surface area contributed by atoms with Gasteiger partial charge in [0.25, 0.3) is 0 Å². The Hall–Kier alpha value is -2.04. The molecule has 0 saturated carbocycles. The van der Waals surface area contributed by atoms with Gasteiger partial charge in [-0.15, -0.1) is 0 Å². The van der Waals surface area contributed by atoms with Gasteiger partial charge in [0.05, 0.1) is 6.54 Å². The van der Waals surface area contributed by atoms with E-state index in [4.69, 9.17) is 5.73 Å². The number of aryl methyl sites for hydroxylation is 1. The quantitative estimate of drug-likeness (QED) is 0.616. The van der Waals surface area contributed by atoms with Crippen LogP contribution in [0.3, 0.4) is 0 Å². The predicted octanol–water partition coefficient (Wildman–Crippen LogP) is 1.98.